The van der Waals surface area contributed by atoms with Crippen LogP contribution in [-0.2, 0) is 11.3 Å². The topological polar surface area (TPSA) is 55.1 Å². The van der Waals surface area contributed by atoms with E-state index in [4.69, 9.17) is 33.3 Å². The molecule has 0 aliphatic heterocycles. The molecule has 0 saturated heterocycles. The number of carboxylic acids is 1. The number of carbonyl (C=O) groups is 1. The van der Waals surface area contributed by atoms with Crippen molar-refractivity contribution >= 4 is 46.4 Å². The van der Waals surface area contributed by atoms with E-state index in [1.807, 2.05) is 42.0 Å². The van der Waals surface area contributed by atoms with Crippen molar-refractivity contribution in [3.63, 3.8) is 0 Å². The first-order valence-corrected chi connectivity index (χ1v) is 12.0. The van der Waals surface area contributed by atoms with Crippen LogP contribution in [0.3, 0.4) is 0 Å². The molecule has 1 heterocycles. The molecule has 2 aromatic rings. The molecule has 1 atom stereocenters. The molecule has 1 N–H and O–H groups in total. The largest absolute Gasteiger partial charge is 0.481 e. The molecule has 2 aliphatic carbocycles. The predicted molar refractivity (Wildman–Crippen MR) is 141 cm³/mol. The fourth-order valence-electron chi connectivity index (χ4n) is 4.34. The number of hydrogen-bond acceptors (Lipinski definition) is 2. The van der Waals surface area contributed by atoms with Crippen molar-refractivity contribution in [2.75, 3.05) is 0 Å². The molecule has 1 aromatic heterocycles. The van der Waals surface area contributed by atoms with Crippen LogP contribution in [0.1, 0.15) is 55.3 Å². The number of carboxylic acid groups (broad SMARTS) is 1. The first-order valence-electron chi connectivity index (χ1n) is 11.2. The van der Waals surface area contributed by atoms with Crippen LogP contribution < -0.4 is 0 Å². The molecule has 1 unspecified atom stereocenters. The number of nitrogens with zero attached hydrogens (tertiary/aromatic N) is 2. The molecule has 1 aromatic carbocycles. The Labute approximate surface area is 209 Å². The minimum absolute atomic E-state index is 0.103. The number of hydrogen-bond donors (Lipinski definition) is 1. The maximum absolute atomic E-state index is 11.1. The van der Waals surface area contributed by atoms with Crippen LogP contribution >= 0.6 is 23.2 Å². The van der Waals surface area contributed by atoms with Gasteiger partial charge in [0.25, 0.3) is 0 Å². The van der Waals surface area contributed by atoms with Crippen LogP contribution in [0, 0.1) is 0 Å². The molecule has 0 radical (unpaired) electrons. The molecule has 174 valence electrons. The first-order chi connectivity index (χ1) is 16.4. The van der Waals surface area contributed by atoms with Crippen molar-refractivity contribution in [1.29, 1.82) is 0 Å². The number of aliphatic carboxylic acids is 1. The second-order valence-electron chi connectivity index (χ2n) is 8.32. The van der Waals surface area contributed by atoms with Crippen molar-refractivity contribution in [3.05, 3.63) is 105 Å². The lowest BCUT2D eigenvalue weighted by Gasteiger charge is -2.07. The quantitative estimate of drug-likeness (QED) is 0.433. The summed E-state index contributed by atoms with van der Waals surface area (Å²) in [5.41, 5.74) is 6.72. The maximum Gasteiger partial charge on any atom is 0.303 e. The fourth-order valence-corrected chi connectivity index (χ4v) is 4.84. The van der Waals surface area contributed by atoms with E-state index in [0.717, 1.165) is 17.1 Å². The third-order valence-electron chi connectivity index (χ3n) is 5.96. The lowest BCUT2D eigenvalue weighted by atomic mass is 10.0. The van der Waals surface area contributed by atoms with Crippen molar-refractivity contribution in [3.8, 4) is 0 Å². The third-order valence-corrected chi connectivity index (χ3v) is 6.43. The Morgan fingerprint density at radius 3 is 2.71 bits per heavy atom. The van der Waals surface area contributed by atoms with Gasteiger partial charge in [-0.2, -0.15) is 0 Å². The molecule has 6 heteroatoms. The molecule has 0 fully saturated rings. The average molecular weight is 493 g/mol. The molecule has 4 nitrogen and oxygen atoms in total. The highest BCUT2D eigenvalue weighted by Crippen LogP contribution is 2.42. The summed E-state index contributed by atoms with van der Waals surface area (Å²) in [5.74, 6) is -0.154. The third kappa shape index (κ3) is 5.19. The summed E-state index contributed by atoms with van der Waals surface area (Å²) in [5, 5.41) is 10.2. The lowest BCUT2D eigenvalue weighted by Crippen LogP contribution is -2.03. The van der Waals surface area contributed by atoms with E-state index in [0.29, 0.717) is 23.0 Å². The van der Waals surface area contributed by atoms with E-state index >= 15 is 0 Å². The van der Waals surface area contributed by atoms with Crippen LogP contribution in [0.2, 0.25) is 0 Å². The van der Waals surface area contributed by atoms with Gasteiger partial charge in [0.1, 0.15) is 5.82 Å². The Bertz CT molecular complexity index is 1310. The van der Waals surface area contributed by atoms with E-state index in [1.165, 1.54) is 22.3 Å². The highest BCUT2D eigenvalue weighted by Gasteiger charge is 2.23. The van der Waals surface area contributed by atoms with Gasteiger partial charge in [0.15, 0.2) is 0 Å². The number of benzene rings is 1. The molecule has 0 amide bonds. The number of rotatable bonds is 7. The standard InChI is InChI=1S/C28H26Cl2N2O2/c1-3-7-22-18(2)25(24-9-5-4-8-23(22)24)16-27-31-26(17-32(27)13-6-10-28(33)34)19-11-12-20(29)15-21(30)14-19/h3-5,7-9,11-12,14-17,19H,6,10,13H2,1-2H3,(H,33,34)/b7-3-,25-16+. The van der Waals surface area contributed by atoms with Gasteiger partial charge >= 0.3 is 5.97 Å². The number of halogens is 2. The minimum Gasteiger partial charge on any atom is -0.481 e. The normalized spacial score (nSPS) is 18.9. The second kappa shape index (κ2) is 10.5. The van der Waals surface area contributed by atoms with E-state index < -0.39 is 5.97 Å². The van der Waals surface area contributed by atoms with E-state index in [9.17, 15) is 4.79 Å². The Morgan fingerprint density at radius 1 is 1.21 bits per heavy atom. The molecule has 4 rings (SSSR count). The summed E-state index contributed by atoms with van der Waals surface area (Å²) in [6.07, 6.45) is 16.3. The van der Waals surface area contributed by atoms with Crippen LogP contribution in [0.5, 0.6) is 0 Å². The molecular formula is C28H26Cl2N2O2. The van der Waals surface area contributed by atoms with Crippen molar-refractivity contribution in [2.45, 2.75) is 39.2 Å². The van der Waals surface area contributed by atoms with E-state index in [1.54, 1.807) is 6.08 Å². The van der Waals surface area contributed by atoms with Crippen molar-refractivity contribution in [2.24, 2.45) is 0 Å². The van der Waals surface area contributed by atoms with Crippen LogP contribution in [0.25, 0.3) is 17.2 Å². The van der Waals surface area contributed by atoms with Gasteiger partial charge < -0.3 is 9.67 Å². The summed E-state index contributed by atoms with van der Waals surface area (Å²) in [6, 6.07) is 8.37. The van der Waals surface area contributed by atoms with Gasteiger partial charge in [0.2, 0.25) is 0 Å². The Balaban J connectivity index is 1.79. The zero-order valence-corrected chi connectivity index (χ0v) is 20.6. The molecular weight excluding hydrogens is 467 g/mol. The number of imidazole rings is 1. The smallest absolute Gasteiger partial charge is 0.303 e. The number of fused-ring (bicyclic) bond motifs is 1. The Kier molecular flexibility index (Phi) is 7.40. The van der Waals surface area contributed by atoms with Gasteiger partial charge in [-0.25, -0.2) is 4.98 Å². The second-order valence-corrected chi connectivity index (χ2v) is 9.20. The number of aromatic nitrogens is 2. The highest BCUT2D eigenvalue weighted by molar-refractivity contribution is 6.35. The SMILES string of the molecule is C/C=C\C1=C(C)C(=C\c2nc(C3C=CC(Cl)=CC(Cl)=C3)cn2CCCC(=O)O)/c2ccccc21. The van der Waals surface area contributed by atoms with Gasteiger partial charge in [-0.1, -0.05) is 71.8 Å². The van der Waals surface area contributed by atoms with Crippen molar-refractivity contribution in [1.82, 2.24) is 9.55 Å². The maximum atomic E-state index is 11.1. The molecule has 0 saturated carbocycles. The minimum atomic E-state index is -0.804. The summed E-state index contributed by atoms with van der Waals surface area (Å²) >= 11 is 12.5. The van der Waals surface area contributed by atoms with Gasteiger partial charge in [0.05, 0.1) is 5.69 Å². The van der Waals surface area contributed by atoms with Gasteiger partial charge in [-0.15, -0.1) is 0 Å². The van der Waals surface area contributed by atoms with Crippen LogP contribution in [-0.4, -0.2) is 20.6 Å². The van der Waals surface area contributed by atoms with Gasteiger partial charge in [0, 0.05) is 35.1 Å². The lowest BCUT2D eigenvalue weighted by molar-refractivity contribution is -0.137. The molecule has 34 heavy (non-hydrogen) atoms. The average Bonchev–Trinajstić information content (AvgIpc) is 3.24. The Hall–Kier alpha value is -3.08. The van der Waals surface area contributed by atoms with Gasteiger partial charge in [-0.3, -0.25) is 4.79 Å². The van der Waals surface area contributed by atoms with Gasteiger partial charge in [-0.05, 0) is 66.3 Å². The molecule has 0 bridgehead atoms. The van der Waals surface area contributed by atoms with Crippen LogP contribution in [0.15, 0.2) is 82.6 Å². The molecule has 0 spiro atoms. The van der Waals surface area contributed by atoms with Crippen LogP contribution in [0.4, 0.5) is 0 Å². The van der Waals surface area contributed by atoms with Crippen molar-refractivity contribution < 1.29 is 9.90 Å². The molecule has 2 aliphatic rings. The number of allylic oxidation sites excluding steroid dienone is 11. The zero-order chi connectivity index (χ0) is 24.2. The van der Waals surface area contributed by atoms with E-state index in [2.05, 4.69) is 43.4 Å². The zero-order valence-electron chi connectivity index (χ0n) is 19.1. The predicted octanol–water partition coefficient (Wildman–Crippen LogP) is 7.55. The highest BCUT2D eigenvalue weighted by atomic mass is 35.5. The van der Waals surface area contributed by atoms with E-state index in [-0.39, 0.29) is 12.3 Å². The summed E-state index contributed by atoms with van der Waals surface area (Å²) in [6.45, 7) is 4.70. The first kappa shape index (κ1) is 24.1. The fraction of sp³-hybridized carbons (Fsp3) is 0.214. The number of aryl methyl sites for hydroxylation is 1. The monoisotopic (exact) mass is 492 g/mol. The summed E-state index contributed by atoms with van der Waals surface area (Å²) in [7, 11) is 0. The summed E-state index contributed by atoms with van der Waals surface area (Å²) < 4.78 is 2.03. The Morgan fingerprint density at radius 2 is 1.97 bits per heavy atom. The summed E-state index contributed by atoms with van der Waals surface area (Å²) in [4.78, 5) is 16.0.